The summed E-state index contributed by atoms with van der Waals surface area (Å²) in [5.74, 6) is 0.866. The third-order valence-electron chi connectivity index (χ3n) is 3.22. The lowest BCUT2D eigenvalue weighted by atomic mass is 10.1. The van der Waals surface area contributed by atoms with Crippen LogP contribution < -0.4 is 10.6 Å². The number of halogens is 1. The van der Waals surface area contributed by atoms with Crippen molar-refractivity contribution in [3.05, 3.63) is 0 Å². The van der Waals surface area contributed by atoms with Crippen LogP contribution in [0.4, 0.5) is 0 Å². The molecule has 21 heavy (non-hydrogen) atoms. The highest BCUT2D eigenvalue weighted by Gasteiger charge is 2.15. The normalized spacial score (nSPS) is 12.2. The molecule has 0 saturated heterocycles. The van der Waals surface area contributed by atoms with Crippen LogP contribution in [0, 0.1) is 0 Å². The van der Waals surface area contributed by atoms with Crippen LogP contribution in [-0.2, 0) is 4.74 Å². The van der Waals surface area contributed by atoms with E-state index in [1.165, 1.54) is 6.42 Å². The number of methoxy groups -OCH3 is 1. The SMILES string of the molecule is CCCN(CC)CCNC(=NCC(C)(C)OC)NCC.I. The number of hydrogen-bond donors (Lipinski definition) is 2. The van der Waals surface area contributed by atoms with E-state index < -0.39 is 0 Å². The first kappa shape index (κ1) is 23.2. The predicted octanol–water partition coefficient (Wildman–Crippen LogP) is 2.32. The molecule has 0 unspecified atom stereocenters. The smallest absolute Gasteiger partial charge is 0.191 e. The van der Waals surface area contributed by atoms with E-state index in [1.807, 2.05) is 13.8 Å². The number of nitrogens with one attached hydrogen (secondary N) is 2. The van der Waals surface area contributed by atoms with Crippen molar-refractivity contribution >= 4 is 29.9 Å². The third-order valence-corrected chi connectivity index (χ3v) is 3.22. The number of aliphatic imine (C=N–C) groups is 1. The van der Waals surface area contributed by atoms with Crippen molar-refractivity contribution in [3.8, 4) is 0 Å². The minimum Gasteiger partial charge on any atom is -0.377 e. The Hall–Kier alpha value is -0.0800. The van der Waals surface area contributed by atoms with Gasteiger partial charge in [0.05, 0.1) is 12.1 Å². The fraction of sp³-hybridized carbons (Fsp3) is 0.933. The molecule has 0 aromatic heterocycles. The lowest BCUT2D eigenvalue weighted by Gasteiger charge is -2.22. The molecule has 0 radical (unpaired) electrons. The van der Waals surface area contributed by atoms with E-state index in [9.17, 15) is 0 Å². The minimum atomic E-state index is -0.222. The zero-order chi connectivity index (χ0) is 15.4. The van der Waals surface area contributed by atoms with E-state index in [4.69, 9.17) is 4.74 Å². The Morgan fingerprint density at radius 1 is 1.14 bits per heavy atom. The largest absolute Gasteiger partial charge is 0.377 e. The van der Waals surface area contributed by atoms with Gasteiger partial charge in [0.1, 0.15) is 0 Å². The fourth-order valence-electron chi connectivity index (χ4n) is 1.75. The van der Waals surface area contributed by atoms with E-state index in [1.54, 1.807) is 7.11 Å². The molecule has 0 aliphatic rings. The molecule has 0 aromatic rings. The van der Waals surface area contributed by atoms with E-state index in [-0.39, 0.29) is 29.6 Å². The van der Waals surface area contributed by atoms with Crippen LogP contribution in [0.3, 0.4) is 0 Å². The van der Waals surface area contributed by atoms with Crippen molar-refractivity contribution in [1.29, 1.82) is 0 Å². The molecule has 0 bridgehead atoms. The van der Waals surface area contributed by atoms with Crippen molar-refractivity contribution in [3.63, 3.8) is 0 Å². The number of hydrogen-bond acceptors (Lipinski definition) is 3. The van der Waals surface area contributed by atoms with Gasteiger partial charge in [-0.3, -0.25) is 4.99 Å². The lowest BCUT2D eigenvalue weighted by Crippen LogP contribution is -2.42. The molecule has 5 nitrogen and oxygen atoms in total. The molecular formula is C15H35IN4O. The standard InChI is InChI=1S/C15H34N4O.HI/c1-7-11-19(9-3)12-10-17-14(16-8-2)18-13-15(4,5)20-6;/h7-13H2,1-6H3,(H2,16,17,18);1H. The van der Waals surface area contributed by atoms with E-state index in [0.717, 1.165) is 38.7 Å². The fourth-order valence-corrected chi connectivity index (χ4v) is 1.75. The van der Waals surface area contributed by atoms with E-state index in [0.29, 0.717) is 6.54 Å². The maximum absolute atomic E-state index is 5.39. The molecule has 0 amide bonds. The van der Waals surface area contributed by atoms with Gasteiger partial charge in [-0.1, -0.05) is 13.8 Å². The summed E-state index contributed by atoms with van der Waals surface area (Å²) in [6, 6.07) is 0. The van der Waals surface area contributed by atoms with Gasteiger partial charge >= 0.3 is 0 Å². The Balaban J connectivity index is 0. The van der Waals surface area contributed by atoms with Gasteiger partial charge in [0, 0.05) is 26.7 Å². The molecule has 128 valence electrons. The number of guanidine groups is 1. The van der Waals surface area contributed by atoms with Crippen LogP contribution in [0.25, 0.3) is 0 Å². The molecule has 0 aromatic carbocycles. The molecule has 0 spiro atoms. The monoisotopic (exact) mass is 414 g/mol. The first-order chi connectivity index (χ1) is 9.49. The highest BCUT2D eigenvalue weighted by molar-refractivity contribution is 14.0. The van der Waals surface area contributed by atoms with Gasteiger partial charge in [-0.25, -0.2) is 0 Å². The Labute approximate surface area is 148 Å². The lowest BCUT2D eigenvalue weighted by molar-refractivity contribution is 0.0310. The average molecular weight is 414 g/mol. The molecule has 0 aliphatic carbocycles. The first-order valence-corrected chi connectivity index (χ1v) is 7.78. The van der Waals surface area contributed by atoms with Crippen LogP contribution in [0.2, 0.25) is 0 Å². The molecule has 0 rings (SSSR count). The summed E-state index contributed by atoms with van der Waals surface area (Å²) in [4.78, 5) is 7.02. The molecule has 0 atom stereocenters. The zero-order valence-electron chi connectivity index (χ0n) is 14.7. The van der Waals surface area contributed by atoms with Gasteiger partial charge in [-0.05, 0) is 40.3 Å². The predicted molar refractivity (Wildman–Crippen MR) is 103 cm³/mol. The van der Waals surface area contributed by atoms with Gasteiger partial charge in [0.2, 0.25) is 0 Å². The van der Waals surface area contributed by atoms with Crippen molar-refractivity contribution in [1.82, 2.24) is 15.5 Å². The summed E-state index contributed by atoms with van der Waals surface area (Å²) < 4.78 is 5.39. The summed E-state index contributed by atoms with van der Waals surface area (Å²) in [6.07, 6.45) is 1.20. The Morgan fingerprint density at radius 3 is 2.29 bits per heavy atom. The van der Waals surface area contributed by atoms with Crippen molar-refractivity contribution in [2.75, 3.05) is 46.4 Å². The number of nitrogens with zero attached hydrogens (tertiary/aromatic N) is 2. The summed E-state index contributed by atoms with van der Waals surface area (Å²) in [5, 5.41) is 6.65. The highest BCUT2D eigenvalue weighted by atomic mass is 127. The highest BCUT2D eigenvalue weighted by Crippen LogP contribution is 2.06. The maximum atomic E-state index is 5.39. The molecule has 0 saturated carbocycles. The average Bonchev–Trinajstić information content (AvgIpc) is 2.43. The molecular weight excluding hydrogens is 379 g/mol. The van der Waals surface area contributed by atoms with Crippen LogP contribution in [0.1, 0.15) is 41.0 Å². The Kier molecular flexibility index (Phi) is 15.0. The van der Waals surface area contributed by atoms with Gasteiger partial charge in [-0.15, -0.1) is 24.0 Å². The minimum absolute atomic E-state index is 0. The van der Waals surface area contributed by atoms with Gasteiger partial charge in [0.25, 0.3) is 0 Å². The van der Waals surface area contributed by atoms with Gasteiger partial charge < -0.3 is 20.3 Å². The molecule has 0 aliphatic heterocycles. The summed E-state index contributed by atoms with van der Waals surface area (Å²) >= 11 is 0. The number of likely N-dealkylation sites (N-methyl/N-ethyl adjacent to an activating group) is 1. The van der Waals surface area contributed by atoms with Gasteiger partial charge in [-0.2, -0.15) is 0 Å². The quantitative estimate of drug-likeness (QED) is 0.327. The third kappa shape index (κ3) is 12.2. The summed E-state index contributed by atoms with van der Waals surface area (Å²) in [6.45, 7) is 16.3. The van der Waals surface area contributed by atoms with Crippen LogP contribution in [0.15, 0.2) is 4.99 Å². The molecule has 0 heterocycles. The van der Waals surface area contributed by atoms with Crippen molar-refractivity contribution in [2.24, 2.45) is 4.99 Å². The molecule has 6 heteroatoms. The van der Waals surface area contributed by atoms with Crippen LogP contribution in [0.5, 0.6) is 0 Å². The number of ether oxygens (including phenoxy) is 1. The Bertz CT molecular complexity index is 272. The summed E-state index contributed by atoms with van der Waals surface area (Å²) in [5.41, 5.74) is -0.222. The second-order valence-electron chi connectivity index (χ2n) is 5.52. The first-order valence-electron chi connectivity index (χ1n) is 7.78. The topological polar surface area (TPSA) is 48.9 Å². The zero-order valence-corrected chi connectivity index (χ0v) is 17.0. The second-order valence-corrected chi connectivity index (χ2v) is 5.52. The van der Waals surface area contributed by atoms with Crippen molar-refractivity contribution < 1.29 is 4.74 Å². The van der Waals surface area contributed by atoms with Crippen LogP contribution >= 0.6 is 24.0 Å². The summed E-state index contributed by atoms with van der Waals surface area (Å²) in [7, 11) is 1.72. The molecule has 0 fully saturated rings. The van der Waals surface area contributed by atoms with E-state index in [2.05, 4.69) is 41.3 Å². The Morgan fingerprint density at radius 2 is 1.81 bits per heavy atom. The van der Waals surface area contributed by atoms with Gasteiger partial charge in [0.15, 0.2) is 5.96 Å². The molecule has 2 N–H and O–H groups in total. The number of rotatable bonds is 10. The second kappa shape index (κ2) is 13.6. The van der Waals surface area contributed by atoms with Crippen LogP contribution in [-0.4, -0.2) is 62.8 Å². The maximum Gasteiger partial charge on any atom is 0.191 e. The van der Waals surface area contributed by atoms with E-state index >= 15 is 0 Å². The van der Waals surface area contributed by atoms with Crippen molar-refractivity contribution in [2.45, 2.75) is 46.6 Å².